The van der Waals surface area contributed by atoms with Crippen molar-refractivity contribution in [2.45, 2.75) is 38.0 Å². The molecule has 6 heteroatoms. The third-order valence-corrected chi connectivity index (χ3v) is 5.63. The van der Waals surface area contributed by atoms with Crippen LogP contribution in [-0.2, 0) is 15.4 Å². The van der Waals surface area contributed by atoms with Crippen LogP contribution in [0.3, 0.4) is 0 Å². The summed E-state index contributed by atoms with van der Waals surface area (Å²) in [6.07, 6.45) is 0. The maximum absolute atomic E-state index is 12.9. The first kappa shape index (κ1) is 18.6. The number of sulfonamides is 1. The number of benzene rings is 2. The van der Waals surface area contributed by atoms with E-state index in [9.17, 15) is 8.42 Å². The van der Waals surface area contributed by atoms with E-state index < -0.39 is 10.0 Å². The fraction of sp³-hybridized carbons (Fsp3) is 0.333. The molecule has 0 saturated heterocycles. The van der Waals surface area contributed by atoms with Gasteiger partial charge < -0.3 is 4.74 Å². The number of methoxy groups -OCH3 is 1. The highest BCUT2D eigenvalue weighted by Crippen LogP contribution is 2.33. The number of halogens is 1. The van der Waals surface area contributed by atoms with Crippen LogP contribution < -0.4 is 9.46 Å². The van der Waals surface area contributed by atoms with Crippen molar-refractivity contribution in [1.29, 1.82) is 0 Å². The Balaban J connectivity index is 2.54. The Kier molecular flexibility index (Phi) is 5.16. The Morgan fingerprint density at radius 2 is 1.79 bits per heavy atom. The summed E-state index contributed by atoms with van der Waals surface area (Å²) < 4.78 is 33.6. The van der Waals surface area contributed by atoms with Gasteiger partial charge in [-0.25, -0.2) is 8.42 Å². The van der Waals surface area contributed by atoms with E-state index in [0.717, 1.165) is 5.56 Å². The molecular weight excluding hydrogens is 346 g/mol. The summed E-state index contributed by atoms with van der Waals surface area (Å²) in [5.74, 6) is 0.301. The molecule has 1 N–H and O–H groups in total. The Morgan fingerprint density at radius 1 is 1.12 bits per heavy atom. The van der Waals surface area contributed by atoms with Gasteiger partial charge in [-0.15, -0.1) is 0 Å². The second-order valence-electron chi connectivity index (χ2n) is 6.63. The fourth-order valence-corrected chi connectivity index (χ4v) is 3.76. The van der Waals surface area contributed by atoms with E-state index in [1.807, 2.05) is 26.8 Å². The maximum Gasteiger partial charge on any atom is 0.265 e. The number of ether oxygens (including phenoxy) is 1. The smallest absolute Gasteiger partial charge is 0.265 e. The number of hydrogen-bond acceptors (Lipinski definition) is 3. The predicted molar refractivity (Wildman–Crippen MR) is 98.7 cm³/mol. The first-order valence-electron chi connectivity index (χ1n) is 7.52. The molecule has 0 aliphatic carbocycles. The van der Waals surface area contributed by atoms with Gasteiger partial charge in [-0.05, 0) is 47.7 Å². The van der Waals surface area contributed by atoms with Gasteiger partial charge in [-0.1, -0.05) is 44.5 Å². The van der Waals surface area contributed by atoms with E-state index in [4.69, 9.17) is 16.3 Å². The van der Waals surface area contributed by atoms with Crippen molar-refractivity contribution in [2.75, 3.05) is 11.8 Å². The minimum absolute atomic E-state index is 0.108. The number of hydrogen-bond donors (Lipinski definition) is 1. The minimum atomic E-state index is -3.81. The van der Waals surface area contributed by atoms with Crippen LogP contribution in [0.15, 0.2) is 41.3 Å². The van der Waals surface area contributed by atoms with Crippen molar-refractivity contribution >= 4 is 27.3 Å². The van der Waals surface area contributed by atoms with Gasteiger partial charge in [-0.2, -0.15) is 0 Å². The predicted octanol–water partition coefficient (Wildman–Crippen LogP) is 4.76. The normalized spacial score (nSPS) is 12.1. The van der Waals surface area contributed by atoms with Crippen molar-refractivity contribution in [3.8, 4) is 5.75 Å². The fourth-order valence-electron chi connectivity index (χ4n) is 2.27. The molecule has 0 aliphatic heterocycles. The topological polar surface area (TPSA) is 55.4 Å². The Bertz CT molecular complexity index is 855. The van der Waals surface area contributed by atoms with Crippen molar-refractivity contribution in [3.63, 3.8) is 0 Å². The third kappa shape index (κ3) is 3.84. The molecule has 0 bridgehead atoms. The standard InChI is InChI=1S/C18H22ClNO3S/c1-12-14(19)7-6-8-15(12)20-24(21,22)17-11-13(18(2,3)4)9-10-16(17)23-5/h6-11,20H,1-5H3. The molecular formula is C18H22ClNO3S. The van der Waals surface area contributed by atoms with Gasteiger partial charge >= 0.3 is 0 Å². The summed E-state index contributed by atoms with van der Waals surface area (Å²) >= 11 is 6.07. The van der Waals surface area contributed by atoms with Gasteiger partial charge in [-0.3, -0.25) is 4.72 Å². The van der Waals surface area contributed by atoms with Crippen LogP contribution >= 0.6 is 11.6 Å². The van der Waals surface area contributed by atoms with Gasteiger partial charge in [0.2, 0.25) is 0 Å². The lowest BCUT2D eigenvalue weighted by molar-refractivity contribution is 0.402. The average molecular weight is 368 g/mol. The molecule has 0 atom stereocenters. The lowest BCUT2D eigenvalue weighted by Crippen LogP contribution is -2.17. The molecule has 0 amide bonds. The first-order chi connectivity index (χ1) is 11.1. The van der Waals surface area contributed by atoms with Gasteiger partial charge in [0.15, 0.2) is 0 Å². The Morgan fingerprint density at radius 3 is 2.38 bits per heavy atom. The molecule has 0 unspecified atom stereocenters. The van der Waals surface area contributed by atoms with Crippen LogP contribution in [0.1, 0.15) is 31.9 Å². The molecule has 0 heterocycles. The molecule has 4 nitrogen and oxygen atoms in total. The summed E-state index contributed by atoms with van der Waals surface area (Å²) in [6, 6.07) is 10.3. The lowest BCUT2D eigenvalue weighted by atomic mass is 9.87. The quantitative estimate of drug-likeness (QED) is 0.847. The SMILES string of the molecule is COc1ccc(C(C)(C)C)cc1S(=O)(=O)Nc1cccc(Cl)c1C. The van der Waals surface area contributed by atoms with Gasteiger partial charge in [0.25, 0.3) is 10.0 Å². The van der Waals surface area contributed by atoms with E-state index in [0.29, 0.717) is 22.0 Å². The zero-order valence-electron chi connectivity index (χ0n) is 14.5. The van der Waals surface area contributed by atoms with Crippen LogP contribution in [0.2, 0.25) is 5.02 Å². The molecule has 0 aliphatic rings. The second kappa shape index (κ2) is 6.65. The largest absolute Gasteiger partial charge is 0.495 e. The summed E-state index contributed by atoms with van der Waals surface area (Å²) in [5.41, 5.74) is 1.86. The molecule has 0 aromatic heterocycles. The molecule has 0 saturated carbocycles. The summed E-state index contributed by atoms with van der Waals surface area (Å²) in [6.45, 7) is 7.85. The monoisotopic (exact) mass is 367 g/mol. The van der Waals surface area contributed by atoms with Gasteiger partial charge in [0.1, 0.15) is 10.6 Å². The lowest BCUT2D eigenvalue weighted by Gasteiger charge is -2.21. The van der Waals surface area contributed by atoms with E-state index in [1.54, 1.807) is 37.3 Å². The number of anilines is 1. The molecule has 0 spiro atoms. The van der Waals surface area contributed by atoms with Crippen LogP contribution in [0, 0.1) is 6.92 Å². The second-order valence-corrected chi connectivity index (χ2v) is 8.69. The van der Waals surface area contributed by atoms with Gasteiger partial charge in [0.05, 0.1) is 12.8 Å². The molecule has 24 heavy (non-hydrogen) atoms. The van der Waals surface area contributed by atoms with Crippen molar-refractivity contribution in [3.05, 3.63) is 52.5 Å². The molecule has 130 valence electrons. The summed E-state index contributed by atoms with van der Waals surface area (Å²) in [5, 5.41) is 0.505. The molecule has 0 radical (unpaired) electrons. The highest BCUT2D eigenvalue weighted by atomic mass is 35.5. The highest BCUT2D eigenvalue weighted by molar-refractivity contribution is 7.92. The van der Waals surface area contributed by atoms with Crippen LogP contribution in [-0.4, -0.2) is 15.5 Å². The van der Waals surface area contributed by atoms with E-state index in [-0.39, 0.29) is 10.3 Å². The van der Waals surface area contributed by atoms with Gasteiger partial charge in [0, 0.05) is 5.02 Å². The van der Waals surface area contributed by atoms with Crippen LogP contribution in [0.5, 0.6) is 5.75 Å². The Hall–Kier alpha value is -1.72. The molecule has 2 aromatic rings. The average Bonchev–Trinajstić information content (AvgIpc) is 2.50. The summed E-state index contributed by atoms with van der Waals surface area (Å²) in [7, 11) is -2.36. The number of nitrogens with one attached hydrogen (secondary N) is 1. The van der Waals surface area contributed by atoms with E-state index in [1.165, 1.54) is 7.11 Å². The zero-order chi connectivity index (χ0) is 18.1. The maximum atomic E-state index is 12.9. The number of rotatable bonds is 4. The highest BCUT2D eigenvalue weighted by Gasteiger charge is 2.24. The van der Waals surface area contributed by atoms with Crippen molar-refractivity contribution in [1.82, 2.24) is 0 Å². The summed E-state index contributed by atoms with van der Waals surface area (Å²) in [4.78, 5) is 0.108. The first-order valence-corrected chi connectivity index (χ1v) is 9.39. The van der Waals surface area contributed by atoms with Crippen molar-refractivity contribution in [2.24, 2.45) is 0 Å². The van der Waals surface area contributed by atoms with Crippen LogP contribution in [0.4, 0.5) is 5.69 Å². The van der Waals surface area contributed by atoms with E-state index in [2.05, 4.69) is 4.72 Å². The molecule has 2 rings (SSSR count). The zero-order valence-corrected chi connectivity index (χ0v) is 16.0. The van der Waals surface area contributed by atoms with Crippen LogP contribution in [0.25, 0.3) is 0 Å². The third-order valence-electron chi connectivity index (χ3n) is 3.83. The van der Waals surface area contributed by atoms with Crippen molar-refractivity contribution < 1.29 is 13.2 Å². The minimum Gasteiger partial charge on any atom is -0.495 e. The molecule has 0 fully saturated rings. The van der Waals surface area contributed by atoms with E-state index >= 15 is 0 Å². The molecule has 2 aromatic carbocycles. The Labute approximate surface area is 148 Å².